The summed E-state index contributed by atoms with van der Waals surface area (Å²) in [6, 6.07) is 8.36. The lowest BCUT2D eigenvalue weighted by Gasteiger charge is -2.24. The zero-order valence-corrected chi connectivity index (χ0v) is 12.6. The first-order valence-corrected chi connectivity index (χ1v) is 8.19. The standard InChI is InChI=1S/C16H25NOS/c1-16(18,11-12-17)13-7-9-15(10-8-13)19-14-5-3-2-4-6-14/h7-10,14,18H,2-6,11-12,17H2,1H3. The predicted octanol–water partition coefficient (Wildman–Crippen LogP) is 3.67. The van der Waals surface area contributed by atoms with Crippen molar-refractivity contribution in [2.45, 2.75) is 61.2 Å². The Morgan fingerprint density at radius 1 is 1.21 bits per heavy atom. The van der Waals surface area contributed by atoms with Crippen molar-refractivity contribution in [2.75, 3.05) is 6.54 Å². The van der Waals surface area contributed by atoms with Gasteiger partial charge in [-0.3, -0.25) is 0 Å². The molecule has 0 aliphatic heterocycles. The molecule has 1 fully saturated rings. The van der Waals surface area contributed by atoms with Gasteiger partial charge in [0, 0.05) is 10.1 Å². The molecule has 0 bridgehead atoms. The van der Waals surface area contributed by atoms with Crippen LogP contribution in [0.4, 0.5) is 0 Å². The fourth-order valence-corrected chi connectivity index (χ4v) is 3.94. The smallest absolute Gasteiger partial charge is 0.0880 e. The van der Waals surface area contributed by atoms with Crippen LogP contribution in [-0.4, -0.2) is 16.9 Å². The molecular weight excluding hydrogens is 254 g/mol. The van der Waals surface area contributed by atoms with E-state index >= 15 is 0 Å². The average Bonchev–Trinajstić information content (AvgIpc) is 2.40. The third kappa shape index (κ3) is 4.23. The molecule has 19 heavy (non-hydrogen) atoms. The molecule has 1 unspecified atom stereocenters. The maximum absolute atomic E-state index is 10.3. The molecule has 0 spiro atoms. The molecule has 0 heterocycles. The summed E-state index contributed by atoms with van der Waals surface area (Å²) in [5, 5.41) is 11.1. The molecule has 106 valence electrons. The summed E-state index contributed by atoms with van der Waals surface area (Å²) >= 11 is 1.99. The number of rotatable bonds is 5. The highest BCUT2D eigenvalue weighted by Gasteiger charge is 2.22. The number of hydrogen-bond donors (Lipinski definition) is 2. The second-order valence-corrected chi connectivity index (χ2v) is 7.09. The summed E-state index contributed by atoms with van der Waals surface area (Å²) in [7, 11) is 0. The quantitative estimate of drug-likeness (QED) is 0.864. The summed E-state index contributed by atoms with van der Waals surface area (Å²) in [6.45, 7) is 2.34. The highest BCUT2D eigenvalue weighted by Crippen LogP contribution is 2.34. The molecule has 0 amide bonds. The third-order valence-electron chi connectivity index (χ3n) is 3.96. The van der Waals surface area contributed by atoms with Crippen molar-refractivity contribution in [3.63, 3.8) is 0 Å². The van der Waals surface area contributed by atoms with Crippen LogP contribution in [-0.2, 0) is 5.60 Å². The predicted molar refractivity (Wildman–Crippen MR) is 82.4 cm³/mol. The van der Waals surface area contributed by atoms with Crippen molar-refractivity contribution in [1.82, 2.24) is 0 Å². The SMILES string of the molecule is CC(O)(CCN)c1ccc(SC2CCCCC2)cc1. The van der Waals surface area contributed by atoms with Gasteiger partial charge in [-0.1, -0.05) is 31.4 Å². The van der Waals surface area contributed by atoms with Crippen molar-refractivity contribution in [2.24, 2.45) is 5.73 Å². The van der Waals surface area contributed by atoms with E-state index in [4.69, 9.17) is 5.73 Å². The minimum absolute atomic E-state index is 0.506. The van der Waals surface area contributed by atoms with Crippen LogP contribution in [0.3, 0.4) is 0 Å². The van der Waals surface area contributed by atoms with E-state index in [0.29, 0.717) is 13.0 Å². The molecule has 0 saturated heterocycles. The lowest BCUT2D eigenvalue weighted by Crippen LogP contribution is -2.24. The molecule has 3 N–H and O–H groups in total. The normalized spacial score (nSPS) is 20.2. The molecule has 3 heteroatoms. The maximum atomic E-state index is 10.3. The van der Waals surface area contributed by atoms with Crippen LogP contribution in [0.2, 0.25) is 0 Å². The second kappa shape index (κ2) is 6.78. The van der Waals surface area contributed by atoms with E-state index in [1.165, 1.54) is 37.0 Å². The molecular formula is C16H25NOS. The molecule has 0 aromatic heterocycles. The molecule has 2 rings (SSSR count). The van der Waals surface area contributed by atoms with E-state index < -0.39 is 5.60 Å². The van der Waals surface area contributed by atoms with Crippen molar-refractivity contribution in [3.8, 4) is 0 Å². The fraction of sp³-hybridized carbons (Fsp3) is 0.625. The lowest BCUT2D eigenvalue weighted by atomic mass is 9.93. The Morgan fingerprint density at radius 2 is 1.84 bits per heavy atom. The van der Waals surface area contributed by atoms with Gasteiger partial charge in [-0.2, -0.15) is 0 Å². The fourth-order valence-electron chi connectivity index (χ4n) is 2.69. The van der Waals surface area contributed by atoms with Crippen molar-refractivity contribution in [3.05, 3.63) is 29.8 Å². The number of hydrogen-bond acceptors (Lipinski definition) is 3. The summed E-state index contributed by atoms with van der Waals surface area (Å²) in [6.07, 6.45) is 7.44. The molecule has 1 aromatic rings. The van der Waals surface area contributed by atoms with Crippen LogP contribution in [0.1, 0.15) is 51.0 Å². The minimum atomic E-state index is -0.803. The Balaban J connectivity index is 1.97. The molecule has 1 aromatic carbocycles. The summed E-state index contributed by atoms with van der Waals surface area (Å²) in [5.41, 5.74) is 5.70. The minimum Gasteiger partial charge on any atom is -0.385 e. The first-order valence-electron chi connectivity index (χ1n) is 7.31. The summed E-state index contributed by atoms with van der Waals surface area (Å²) in [5.74, 6) is 0. The Kier molecular flexibility index (Phi) is 5.31. The topological polar surface area (TPSA) is 46.2 Å². The lowest BCUT2D eigenvalue weighted by molar-refractivity contribution is 0.0504. The van der Waals surface area contributed by atoms with E-state index in [0.717, 1.165) is 10.8 Å². The van der Waals surface area contributed by atoms with E-state index in [2.05, 4.69) is 12.1 Å². The first kappa shape index (κ1) is 14.9. The Labute approximate surface area is 120 Å². The van der Waals surface area contributed by atoms with Crippen LogP contribution >= 0.6 is 11.8 Å². The van der Waals surface area contributed by atoms with Crippen LogP contribution in [0.15, 0.2) is 29.2 Å². The average molecular weight is 279 g/mol. The molecule has 1 aliphatic carbocycles. The van der Waals surface area contributed by atoms with Crippen LogP contribution in [0.5, 0.6) is 0 Å². The Hall–Kier alpha value is -0.510. The number of nitrogens with two attached hydrogens (primary N) is 1. The van der Waals surface area contributed by atoms with E-state index in [-0.39, 0.29) is 0 Å². The largest absolute Gasteiger partial charge is 0.385 e. The van der Waals surface area contributed by atoms with Gasteiger partial charge in [0.1, 0.15) is 0 Å². The van der Waals surface area contributed by atoms with E-state index in [1.54, 1.807) is 0 Å². The molecule has 1 saturated carbocycles. The van der Waals surface area contributed by atoms with Crippen molar-refractivity contribution < 1.29 is 5.11 Å². The van der Waals surface area contributed by atoms with Crippen LogP contribution in [0.25, 0.3) is 0 Å². The highest BCUT2D eigenvalue weighted by molar-refractivity contribution is 8.00. The van der Waals surface area contributed by atoms with E-state index in [1.807, 2.05) is 30.8 Å². The van der Waals surface area contributed by atoms with Gasteiger partial charge >= 0.3 is 0 Å². The van der Waals surface area contributed by atoms with Gasteiger partial charge in [0.25, 0.3) is 0 Å². The van der Waals surface area contributed by atoms with Crippen LogP contribution in [0, 0.1) is 0 Å². The highest BCUT2D eigenvalue weighted by atomic mass is 32.2. The maximum Gasteiger partial charge on any atom is 0.0880 e. The molecule has 2 nitrogen and oxygen atoms in total. The molecule has 0 radical (unpaired) electrons. The van der Waals surface area contributed by atoms with Gasteiger partial charge in [-0.25, -0.2) is 0 Å². The number of thioether (sulfide) groups is 1. The van der Waals surface area contributed by atoms with Crippen molar-refractivity contribution >= 4 is 11.8 Å². The van der Waals surface area contributed by atoms with E-state index in [9.17, 15) is 5.11 Å². The monoisotopic (exact) mass is 279 g/mol. The number of benzene rings is 1. The molecule has 1 atom stereocenters. The summed E-state index contributed by atoms with van der Waals surface area (Å²) in [4.78, 5) is 1.32. The van der Waals surface area contributed by atoms with Crippen molar-refractivity contribution in [1.29, 1.82) is 0 Å². The zero-order chi connectivity index (χ0) is 13.7. The third-order valence-corrected chi connectivity index (χ3v) is 5.31. The van der Waals surface area contributed by atoms with Gasteiger partial charge in [0.2, 0.25) is 0 Å². The second-order valence-electron chi connectivity index (χ2n) is 5.71. The Morgan fingerprint density at radius 3 is 2.42 bits per heavy atom. The molecule has 1 aliphatic rings. The van der Waals surface area contributed by atoms with Gasteiger partial charge in [-0.05, 0) is 50.4 Å². The Bertz CT molecular complexity index is 382. The van der Waals surface area contributed by atoms with Gasteiger partial charge in [0.05, 0.1) is 5.60 Å². The van der Waals surface area contributed by atoms with Gasteiger partial charge in [-0.15, -0.1) is 11.8 Å². The van der Waals surface area contributed by atoms with Crippen LogP contribution < -0.4 is 5.73 Å². The van der Waals surface area contributed by atoms with Gasteiger partial charge in [0.15, 0.2) is 0 Å². The summed E-state index contributed by atoms with van der Waals surface area (Å²) < 4.78 is 0. The first-order chi connectivity index (χ1) is 9.12. The van der Waals surface area contributed by atoms with Gasteiger partial charge < -0.3 is 10.8 Å². The zero-order valence-electron chi connectivity index (χ0n) is 11.8. The number of aliphatic hydroxyl groups is 1.